The van der Waals surface area contributed by atoms with Gasteiger partial charge in [0.1, 0.15) is 12.4 Å². The Kier molecular flexibility index (Phi) is 5.56. The van der Waals surface area contributed by atoms with Crippen molar-refractivity contribution >= 4 is 12.0 Å². The summed E-state index contributed by atoms with van der Waals surface area (Å²) in [6.07, 6.45) is 0.319. The van der Waals surface area contributed by atoms with Crippen molar-refractivity contribution in [3.63, 3.8) is 0 Å². The van der Waals surface area contributed by atoms with Crippen LogP contribution in [0.25, 0.3) is 0 Å². The molecule has 136 valence electrons. The molecular weight excluding hydrogens is 330 g/mol. The van der Waals surface area contributed by atoms with Gasteiger partial charge < -0.3 is 9.47 Å². The number of imide groups is 1. The maximum Gasteiger partial charge on any atom is 0.416 e. The number of carbonyl (C=O) groups is 2. The summed E-state index contributed by atoms with van der Waals surface area (Å²) in [5, 5.41) is 0. The van der Waals surface area contributed by atoms with Gasteiger partial charge in [0.15, 0.2) is 0 Å². The van der Waals surface area contributed by atoms with E-state index in [0.717, 1.165) is 16.9 Å². The molecule has 26 heavy (non-hydrogen) atoms. The zero-order valence-corrected chi connectivity index (χ0v) is 15.1. The topological polar surface area (TPSA) is 55.8 Å². The van der Waals surface area contributed by atoms with E-state index >= 15 is 0 Å². The zero-order valence-electron chi connectivity index (χ0n) is 15.1. The minimum atomic E-state index is -0.544. The zero-order chi connectivity index (χ0) is 18.5. The minimum absolute atomic E-state index is 0.000758. The third-order valence-corrected chi connectivity index (χ3v) is 4.71. The summed E-state index contributed by atoms with van der Waals surface area (Å²) in [7, 11) is 1.62. The molecule has 1 saturated heterocycles. The number of carbonyl (C=O) groups excluding carboxylic acids is 2. The highest BCUT2D eigenvalue weighted by molar-refractivity contribution is 5.93. The first kappa shape index (κ1) is 18.0. The Hall–Kier alpha value is -2.82. The number of methoxy groups -OCH3 is 1. The molecule has 0 saturated carbocycles. The molecule has 0 radical (unpaired) electrons. The Morgan fingerprint density at radius 1 is 1.19 bits per heavy atom. The van der Waals surface area contributed by atoms with Crippen molar-refractivity contribution in [1.29, 1.82) is 0 Å². The number of cyclic esters (lactones) is 1. The number of benzene rings is 2. The molecule has 2 unspecified atom stereocenters. The van der Waals surface area contributed by atoms with E-state index in [1.165, 1.54) is 4.90 Å². The van der Waals surface area contributed by atoms with E-state index in [9.17, 15) is 9.59 Å². The molecule has 0 aromatic heterocycles. The van der Waals surface area contributed by atoms with Gasteiger partial charge >= 0.3 is 6.09 Å². The Balaban J connectivity index is 1.67. The quantitative estimate of drug-likeness (QED) is 0.793. The van der Waals surface area contributed by atoms with Crippen LogP contribution in [0.2, 0.25) is 0 Å². The summed E-state index contributed by atoms with van der Waals surface area (Å²) in [4.78, 5) is 26.1. The predicted molar refractivity (Wildman–Crippen MR) is 98.2 cm³/mol. The molecule has 0 spiro atoms. The van der Waals surface area contributed by atoms with E-state index in [0.29, 0.717) is 6.42 Å². The first-order chi connectivity index (χ1) is 12.6. The lowest BCUT2D eigenvalue weighted by Crippen LogP contribution is -2.40. The summed E-state index contributed by atoms with van der Waals surface area (Å²) >= 11 is 0. The molecule has 2 aromatic rings. The van der Waals surface area contributed by atoms with Gasteiger partial charge in [-0.05, 0) is 35.6 Å². The van der Waals surface area contributed by atoms with E-state index in [1.807, 2.05) is 61.5 Å². The van der Waals surface area contributed by atoms with Crippen molar-refractivity contribution in [2.45, 2.75) is 31.7 Å². The van der Waals surface area contributed by atoms with E-state index in [2.05, 4.69) is 0 Å². The molecule has 2 amide bonds. The molecule has 2 atom stereocenters. The van der Waals surface area contributed by atoms with Crippen LogP contribution in [0.3, 0.4) is 0 Å². The molecule has 2 aromatic carbocycles. The number of amides is 2. The molecular formula is C21H23NO4. The smallest absolute Gasteiger partial charge is 0.416 e. The van der Waals surface area contributed by atoms with Crippen LogP contribution in [0, 0.1) is 0 Å². The lowest BCUT2D eigenvalue weighted by molar-refractivity contribution is -0.129. The fourth-order valence-electron chi connectivity index (χ4n) is 3.21. The third-order valence-electron chi connectivity index (χ3n) is 4.71. The van der Waals surface area contributed by atoms with Crippen molar-refractivity contribution in [1.82, 2.24) is 4.90 Å². The Morgan fingerprint density at radius 2 is 1.88 bits per heavy atom. The second kappa shape index (κ2) is 8.04. The first-order valence-electron chi connectivity index (χ1n) is 8.75. The second-order valence-corrected chi connectivity index (χ2v) is 6.56. The van der Waals surface area contributed by atoms with Crippen molar-refractivity contribution in [3.8, 4) is 5.75 Å². The lowest BCUT2D eigenvalue weighted by atomic mass is 9.96. The van der Waals surface area contributed by atoms with Crippen molar-refractivity contribution in [3.05, 3.63) is 65.7 Å². The molecule has 1 aliphatic rings. The van der Waals surface area contributed by atoms with Crippen molar-refractivity contribution in [2.75, 3.05) is 13.7 Å². The highest BCUT2D eigenvalue weighted by Gasteiger charge is 2.38. The van der Waals surface area contributed by atoms with Crippen LogP contribution in [0.4, 0.5) is 4.79 Å². The fraction of sp³-hybridized carbons (Fsp3) is 0.333. The Bertz CT molecular complexity index is 757. The van der Waals surface area contributed by atoms with Crippen LogP contribution in [0.1, 0.15) is 30.4 Å². The lowest BCUT2D eigenvalue weighted by Gasteiger charge is -2.21. The second-order valence-electron chi connectivity index (χ2n) is 6.56. The summed E-state index contributed by atoms with van der Waals surface area (Å²) in [5.74, 6) is 0.578. The molecule has 1 heterocycles. The maximum atomic E-state index is 12.8. The predicted octanol–water partition coefficient (Wildman–Crippen LogP) is 3.78. The van der Waals surface area contributed by atoms with Crippen LogP contribution in [0.15, 0.2) is 54.6 Å². The van der Waals surface area contributed by atoms with Gasteiger partial charge in [0.25, 0.3) is 0 Å². The molecule has 0 aliphatic carbocycles. The van der Waals surface area contributed by atoms with E-state index in [4.69, 9.17) is 9.47 Å². The molecule has 0 N–H and O–H groups in total. The molecule has 5 nitrogen and oxygen atoms in total. The largest absolute Gasteiger partial charge is 0.497 e. The summed E-state index contributed by atoms with van der Waals surface area (Å²) in [6.45, 7) is 2.23. The summed E-state index contributed by atoms with van der Waals surface area (Å²) < 4.78 is 10.3. The van der Waals surface area contributed by atoms with Gasteiger partial charge in [-0.15, -0.1) is 0 Å². The molecule has 3 rings (SSSR count). The Labute approximate surface area is 153 Å². The number of nitrogens with zero attached hydrogens (tertiary/aromatic N) is 1. The van der Waals surface area contributed by atoms with Gasteiger partial charge in [0.2, 0.25) is 5.91 Å². The van der Waals surface area contributed by atoms with Crippen LogP contribution >= 0.6 is 0 Å². The molecule has 5 heteroatoms. The number of hydrogen-bond donors (Lipinski definition) is 0. The minimum Gasteiger partial charge on any atom is -0.497 e. The van der Waals surface area contributed by atoms with Crippen LogP contribution in [-0.2, 0) is 16.0 Å². The fourth-order valence-corrected chi connectivity index (χ4v) is 3.21. The summed E-state index contributed by atoms with van der Waals surface area (Å²) in [6, 6.07) is 17.2. The van der Waals surface area contributed by atoms with Gasteiger partial charge in [-0.25, -0.2) is 9.69 Å². The monoisotopic (exact) mass is 353 g/mol. The number of hydrogen-bond acceptors (Lipinski definition) is 4. The normalized spacial score (nSPS) is 17.7. The SMILES string of the molecule is COc1ccc(C(C)CC(=O)N2C(=O)OCC2Cc2ccccc2)cc1. The maximum absolute atomic E-state index is 12.8. The van der Waals surface area contributed by atoms with Crippen LogP contribution in [0.5, 0.6) is 5.75 Å². The van der Waals surface area contributed by atoms with E-state index in [-0.39, 0.29) is 30.9 Å². The van der Waals surface area contributed by atoms with Gasteiger partial charge in [0.05, 0.1) is 13.2 Å². The Morgan fingerprint density at radius 3 is 2.54 bits per heavy atom. The van der Waals surface area contributed by atoms with E-state index < -0.39 is 6.09 Å². The highest BCUT2D eigenvalue weighted by Crippen LogP contribution is 2.25. The average Bonchev–Trinajstić information content (AvgIpc) is 3.02. The molecule has 1 fully saturated rings. The van der Waals surface area contributed by atoms with E-state index in [1.54, 1.807) is 7.11 Å². The molecule has 1 aliphatic heterocycles. The van der Waals surface area contributed by atoms with Crippen molar-refractivity contribution in [2.24, 2.45) is 0 Å². The summed E-state index contributed by atoms with van der Waals surface area (Å²) in [5.41, 5.74) is 2.11. The van der Waals surface area contributed by atoms with Crippen LogP contribution in [-0.4, -0.2) is 36.7 Å². The first-order valence-corrected chi connectivity index (χ1v) is 8.75. The average molecular weight is 353 g/mol. The van der Waals surface area contributed by atoms with Gasteiger partial charge in [-0.3, -0.25) is 4.79 Å². The standard InChI is InChI=1S/C21H23NO4/c1-15(17-8-10-19(25-2)11-9-17)12-20(23)22-18(14-26-21(22)24)13-16-6-4-3-5-7-16/h3-11,15,18H,12-14H2,1-2H3. The number of ether oxygens (including phenoxy) is 2. The van der Waals surface area contributed by atoms with Gasteiger partial charge in [0, 0.05) is 6.42 Å². The third kappa shape index (κ3) is 4.04. The van der Waals surface area contributed by atoms with Crippen molar-refractivity contribution < 1.29 is 19.1 Å². The van der Waals surface area contributed by atoms with Gasteiger partial charge in [-0.2, -0.15) is 0 Å². The highest BCUT2D eigenvalue weighted by atomic mass is 16.6. The molecule has 0 bridgehead atoms. The van der Waals surface area contributed by atoms with Gasteiger partial charge in [-0.1, -0.05) is 49.4 Å². The number of rotatable bonds is 6. The van der Waals surface area contributed by atoms with Crippen LogP contribution < -0.4 is 4.74 Å².